The Labute approximate surface area is 307 Å². The predicted molar refractivity (Wildman–Crippen MR) is 222 cm³/mol. The second-order valence-corrected chi connectivity index (χ2v) is 15.3. The van der Waals surface area contributed by atoms with Gasteiger partial charge >= 0.3 is 0 Å². The summed E-state index contributed by atoms with van der Waals surface area (Å²) in [6.45, 7) is 0. The Morgan fingerprint density at radius 2 is 0.962 bits per heavy atom. The molecule has 0 bridgehead atoms. The minimum Gasteiger partial charge on any atom is -0.247 e. The van der Waals surface area contributed by atoms with Gasteiger partial charge in [0, 0.05) is 78.8 Å². The molecule has 0 saturated heterocycles. The minimum absolute atomic E-state index is 0.678. The van der Waals surface area contributed by atoms with Crippen LogP contribution in [0.5, 0.6) is 0 Å². The van der Waals surface area contributed by atoms with Gasteiger partial charge in [-0.05, 0) is 36.4 Å². The molecule has 0 spiro atoms. The van der Waals surface area contributed by atoms with E-state index in [2.05, 4.69) is 158 Å². The fourth-order valence-corrected chi connectivity index (χ4v) is 9.97. The first-order chi connectivity index (χ1) is 25.8. The van der Waals surface area contributed by atoms with Crippen molar-refractivity contribution in [2.75, 3.05) is 0 Å². The molecule has 5 heteroatoms. The SMILES string of the molecule is c1ccc(-c2cc(-c3cccc4sc5ccccc5c34)nc(-c3ccc4c(c3)nc(-c3ccccc3)c3ccc5sc6ccccc6c5c34)n2)cc1. The lowest BCUT2D eigenvalue weighted by molar-refractivity contribution is 1.19. The molecule has 242 valence electrons. The van der Waals surface area contributed by atoms with Gasteiger partial charge in [0.15, 0.2) is 5.82 Å². The molecule has 0 saturated carbocycles. The Morgan fingerprint density at radius 3 is 1.73 bits per heavy atom. The summed E-state index contributed by atoms with van der Waals surface area (Å²) in [4.78, 5) is 16.0. The van der Waals surface area contributed by atoms with Crippen molar-refractivity contribution in [3.63, 3.8) is 0 Å². The monoisotopic (exact) mass is 697 g/mol. The van der Waals surface area contributed by atoms with Crippen molar-refractivity contribution in [2.24, 2.45) is 0 Å². The summed E-state index contributed by atoms with van der Waals surface area (Å²) in [6.07, 6.45) is 0. The first-order valence-corrected chi connectivity index (χ1v) is 19.0. The molecule has 11 rings (SSSR count). The van der Waals surface area contributed by atoms with Gasteiger partial charge in [0.1, 0.15) is 0 Å². The molecular formula is C47H27N3S2. The zero-order valence-electron chi connectivity index (χ0n) is 27.7. The average Bonchev–Trinajstić information content (AvgIpc) is 3.79. The van der Waals surface area contributed by atoms with Crippen LogP contribution in [0.3, 0.4) is 0 Å². The highest BCUT2D eigenvalue weighted by atomic mass is 32.1. The Hall–Kier alpha value is -6.27. The van der Waals surface area contributed by atoms with Crippen LogP contribution in [0.4, 0.5) is 0 Å². The van der Waals surface area contributed by atoms with Crippen LogP contribution in [0.25, 0.3) is 107 Å². The molecule has 4 aromatic heterocycles. The fraction of sp³-hybridized carbons (Fsp3) is 0. The Kier molecular flexibility index (Phi) is 6.59. The van der Waals surface area contributed by atoms with E-state index in [4.69, 9.17) is 15.0 Å². The lowest BCUT2D eigenvalue weighted by Gasteiger charge is -2.14. The molecule has 0 unspecified atom stereocenters. The van der Waals surface area contributed by atoms with E-state index < -0.39 is 0 Å². The summed E-state index contributed by atoms with van der Waals surface area (Å²) in [7, 11) is 0. The van der Waals surface area contributed by atoms with Crippen LogP contribution in [-0.4, -0.2) is 15.0 Å². The standard InChI is InChI=1S/C47H27N3S2/c1-3-12-28(13-4-1)36-27-38(31-18-11-21-41-43(31)33-16-7-9-19-39(33)51-41)50-47(49-36)30-22-23-32-37(26-30)48-46(29-14-5-2-6-15-29)35-24-25-42-45(44(32)35)34-17-8-10-20-40(34)52-42/h1-27H. The largest absolute Gasteiger partial charge is 0.247 e. The number of fused-ring (bicyclic) bond motifs is 10. The third-order valence-corrected chi connectivity index (χ3v) is 12.3. The van der Waals surface area contributed by atoms with Gasteiger partial charge in [-0.1, -0.05) is 127 Å². The number of aromatic nitrogens is 3. The van der Waals surface area contributed by atoms with Crippen molar-refractivity contribution in [3.8, 4) is 45.2 Å². The van der Waals surface area contributed by atoms with Crippen LogP contribution in [0.2, 0.25) is 0 Å². The summed E-state index contributed by atoms with van der Waals surface area (Å²) in [5.41, 5.74) is 7.89. The second kappa shape index (κ2) is 11.6. The van der Waals surface area contributed by atoms with E-state index in [0.717, 1.165) is 55.6 Å². The minimum atomic E-state index is 0.678. The molecule has 52 heavy (non-hydrogen) atoms. The van der Waals surface area contributed by atoms with Crippen molar-refractivity contribution in [1.82, 2.24) is 15.0 Å². The number of nitrogens with zero attached hydrogens (tertiary/aromatic N) is 3. The molecule has 11 aromatic rings. The third-order valence-electron chi connectivity index (χ3n) is 10.1. The number of rotatable bonds is 4. The van der Waals surface area contributed by atoms with E-state index >= 15 is 0 Å². The fourth-order valence-electron chi connectivity index (χ4n) is 7.72. The summed E-state index contributed by atoms with van der Waals surface area (Å²) < 4.78 is 5.10. The van der Waals surface area contributed by atoms with Crippen molar-refractivity contribution < 1.29 is 0 Å². The normalized spacial score (nSPS) is 11.8. The van der Waals surface area contributed by atoms with Crippen LogP contribution < -0.4 is 0 Å². The maximum absolute atomic E-state index is 5.41. The molecule has 0 atom stereocenters. The van der Waals surface area contributed by atoms with Crippen molar-refractivity contribution in [1.29, 1.82) is 0 Å². The highest BCUT2D eigenvalue weighted by molar-refractivity contribution is 7.26. The highest BCUT2D eigenvalue weighted by Gasteiger charge is 2.19. The van der Waals surface area contributed by atoms with Gasteiger partial charge in [-0.15, -0.1) is 22.7 Å². The third kappa shape index (κ3) is 4.60. The average molecular weight is 698 g/mol. The van der Waals surface area contributed by atoms with Crippen molar-refractivity contribution >= 4 is 84.7 Å². The molecule has 4 heterocycles. The van der Waals surface area contributed by atoms with Crippen LogP contribution in [0.1, 0.15) is 0 Å². The van der Waals surface area contributed by atoms with Gasteiger partial charge in [0.2, 0.25) is 0 Å². The van der Waals surface area contributed by atoms with E-state index in [1.165, 1.54) is 45.7 Å². The number of thiophene rings is 2. The van der Waals surface area contributed by atoms with E-state index in [9.17, 15) is 0 Å². The number of hydrogen-bond acceptors (Lipinski definition) is 5. The van der Waals surface area contributed by atoms with Gasteiger partial charge in [-0.3, -0.25) is 0 Å². The zero-order valence-corrected chi connectivity index (χ0v) is 29.4. The maximum Gasteiger partial charge on any atom is 0.160 e. The Balaban J connectivity index is 1.20. The summed E-state index contributed by atoms with van der Waals surface area (Å²) in [5.74, 6) is 0.678. The van der Waals surface area contributed by atoms with E-state index in [1.54, 1.807) is 0 Å². The quantitative estimate of drug-likeness (QED) is 0.172. The summed E-state index contributed by atoms with van der Waals surface area (Å²) in [6, 6.07) is 58.1. The van der Waals surface area contributed by atoms with Gasteiger partial charge in [0.25, 0.3) is 0 Å². The first kappa shape index (κ1) is 29.5. The maximum atomic E-state index is 5.41. The summed E-state index contributed by atoms with van der Waals surface area (Å²) in [5, 5.41) is 8.57. The topological polar surface area (TPSA) is 38.7 Å². The van der Waals surface area contributed by atoms with Gasteiger partial charge < -0.3 is 0 Å². The summed E-state index contributed by atoms with van der Waals surface area (Å²) >= 11 is 3.67. The number of pyridine rings is 1. The first-order valence-electron chi connectivity index (χ1n) is 17.4. The van der Waals surface area contributed by atoms with Crippen molar-refractivity contribution in [3.05, 3.63) is 164 Å². The molecule has 0 radical (unpaired) electrons. The second-order valence-electron chi connectivity index (χ2n) is 13.1. The molecule has 7 aromatic carbocycles. The zero-order chi connectivity index (χ0) is 34.2. The van der Waals surface area contributed by atoms with Crippen molar-refractivity contribution in [2.45, 2.75) is 0 Å². The Bertz CT molecular complexity index is 3180. The van der Waals surface area contributed by atoms with E-state index in [-0.39, 0.29) is 0 Å². The van der Waals surface area contributed by atoms with E-state index in [0.29, 0.717) is 5.82 Å². The lowest BCUT2D eigenvalue weighted by Crippen LogP contribution is -1.97. The molecular weight excluding hydrogens is 671 g/mol. The van der Waals surface area contributed by atoms with E-state index in [1.807, 2.05) is 28.7 Å². The van der Waals surface area contributed by atoms with Crippen LogP contribution >= 0.6 is 22.7 Å². The predicted octanol–water partition coefficient (Wildman–Crippen LogP) is 13.6. The molecule has 0 aliphatic carbocycles. The number of benzene rings is 7. The highest BCUT2D eigenvalue weighted by Crippen LogP contribution is 2.44. The van der Waals surface area contributed by atoms with Crippen LogP contribution in [0, 0.1) is 0 Å². The van der Waals surface area contributed by atoms with Crippen LogP contribution in [0.15, 0.2) is 164 Å². The molecule has 0 fully saturated rings. The van der Waals surface area contributed by atoms with Gasteiger partial charge in [-0.2, -0.15) is 0 Å². The molecule has 3 nitrogen and oxygen atoms in total. The smallest absolute Gasteiger partial charge is 0.160 e. The van der Waals surface area contributed by atoms with Crippen LogP contribution in [-0.2, 0) is 0 Å². The lowest BCUT2D eigenvalue weighted by atomic mass is 9.95. The van der Waals surface area contributed by atoms with Gasteiger partial charge in [0.05, 0.1) is 22.6 Å². The molecule has 0 aliphatic heterocycles. The Morgan fingerprint density at radius 1 is 0.346 bits per heavy atom. The number of hydrogen-bond donors (Lipinski definition) is 0. The van der Waals surface area contributed by atoms with Gasteiger partial charge in [-0.25, -0.2) is 15.0 Å². The molecule has 0 amide bonds. The molecule has 0 N–H and O–H groups in total. The molecule has 0 aliphatic rings.